The molecule has 4 aliphatic heterocycles. The Morgan fingerprint density at radius 3 is 2.26 bits per heavy atom. The topological polar surface area (TPSA) is 183 Å². The highest BCUT2D eigenvalue weighted by Crippen LogP contribution is 2.71. The highest BCUT2D eigenvalue weighted by atomic mass is 16.8. The summed E-state index contributed by atoms with van der Waals surface area (Å²) in [5, 5.41) is 55.4. The maximum atomic E-state index is 11.8. The van der Waals surface area contributed by atoms with Crippen LogP contribution in [0.3, 0.4) is 0 Å². The average molecular weight is 765 g/mol. The van der Waals surface area contributed by atoms with E-state index in [4.69, 9.17) is 33.2 Å². The molecule has 0 bridgehead atoms. The van der Waals surface area contributed by atoms with Crippen LogP contribution in [0.15, 0.2) is 11.6 Å². The zero-order valence-electron chi connectivity index (χ0n) is 32.9. The molecule has 4 aliphatic carbocycles. The molecule has 0 aromatic heterocycles. The van der Waals surface area contributed by atoms with Crippen LogP contribution in [0, 0.1) is 46.3 Å². The molecule has 13 heteroatoms. The number of carbonyl (C=O) groups is 1. The van der Waals surface area contributed by atoms with Crippen LogP contribution in [0.1, 0.15) is 99.8 Å². The van der Waals surface area contributed by atoms with Gasteiger partial charge in [0, 0.05) is 31.1 Å². The average Bonchev–Trinajstić information content (AvgIpc) is 3.56. The second kappa shape index (κ2) is 14.2. The summed E-state index contributed by atoms with van der Waals surface area (Å²) in [5.74, 6) is 1.27. The van der Waals surface area contributed by atoms with Crippen LogP contribution in [0.5, 0.6) is 0 Å². The molecule has 0 aromatic rings. The molecule has 0 amide bonds. The van der Waals surface area contributed by atoms with Gasteiger partial charge in [0.05, 0.1) is 37.1 Å². The van der Waals surface area contributed by atoms with E-state index in [2.05, 4.69) is 33.8 Å². The van der Waals surface area contributed by atoms with Crippen molar-refractivity contribution in [3.63, 3.8) is 0 Å². The lowest BCUT2D eigenvalue weighted by Crippen LogP contribution is -2.65. The van der Waals surface area contributed by atoms with Crippen molar-refractivity contribution in [3.05, 3.63) is 11.6 Å². The lowest BCUT2D eigenvalue weighted by atomic mass is 9.46. The molecule has 1 spiro atoms. The van der Waals surface area contributed by atoms with Crippen LogP contribution >= 0.6 is 0 Å². The number of carbonyl (C=O) groups excluding carboxylic acids is 1. The summed E-state index contributed by atoms with van der Waals surface area (Å²) in [7, 11) is 0. The number of aliphatic hydroxyl groups excluding tert-OH is 5. The van der Waals surface area contributed by atoms with Gasteiger partial charge < -0.3 is 58.7 Å². The van der Waals surface area contributed by atoms with E-state index in [9.17, 15) is 30.3 Å². The first-order valence-electron chi connectivity index (χ1n) is 20.7. The third kappa shape index (κ3) is 6.17. The Hall–Kier alpha value is -1.23. The van der Waals surface area contributed by atoms with E-state index in [1.165, 1.54) is 12.5 Å². The van der Waals surface area contributed by atoms with Crippen LogP contribution in [0.4, 0.5) is 0 Å². The Bertz CT molecular complexity index is 1430. The van der Waals surface area contributed by atoms with Gasteiger partial charge in [0.1, 0.15) is 30.5 Å². The van der Waals surface area contributed by atoms with Crippen molar-refractivity contribution in [3.8, 4) is 0 Å². The normalized spacial score (nSPS) is 57.0. The van der Waals surface area contributed by atoms with E-state index in [-0.39, 0.29) is 17.4 Å². The summed E-state index contributed by atoms with van der Waals surface area (Å²) in [6.45, 7) is 14.5. The van der Waals surface area contributed by atoms with Gasteiger partial charge in [-0.15, -0.1) is 0 Å². The molecular formula is C41H64O13. The molecule has 306 valence electrons. The largest absolute Gasteiger partial charge is 0.457 e. The van der Waals surface area contributed by atoms with Crippen molar-refractivity contribution < 1.29 is 63.5 Å². The zero-order chi connectivity index (χ0) is 38.6. The predicted octanol–water partition coefficient (Wildman–Crippen LogP) is 2.96. The lowest BCUT2D eigenvalue weighted by Gasteiger charge is -2.60. The summed E-state index contributed by atoms with van der Waals surface area (Å²) >= 11 is 0. The summed E-state index contributed by atoms with van der Waals surface area (Å²) in [4.78, 5) is 11.8. The molecule has 8 rings (SSSR count). The van der Waals surface area contributed by atoms with Gasteiger partial charge in [0.25, 0.3) is 0 Å². The van der Waals surface area contributed by atoms with Crippen molar-refractivity contribution in [2.75, 3.05) is 6.61 Å². The molecule has 0 unspecified atom stereocenters. The number of fused-ring (bicyclic) bond motifs is 7. The van der Waals surface area contributed by atoms with Gasteiger partial charge in [-0.25, -0.2) is 0 Å². The van der Waals surface area contributed by atoms with Gasteiger partial charge in [0.15, 0.2) is 24.5 Å². The third-order valence-electron chi connectivity index (χ3n) is 15.9. The first-order valence-corrected chi connectivity index (χ1v) is 20.7. The van der Waals surface area contributed by atoms with Crippen LogP contribution < -0.4 is 0 Å². The molecule has 54 heavy (non-hydrogen) atoms. The molecular weight excluding hydrogens is 700 g/mol. The number of hydrogen-bond donors (Lipinski definition) is 5. The van der Waals surface area contributed by atoms with E-state index in [1.54, 1.807) is 13.8 Å². The smallest absolute Gasteiger partial charge is 0.303 e. The van der Waals surface area contributed by atoms with Crippen molar-refractivity contribution >= 4 is 5.97 Å². The van der Waals surface area contributed by atoms with Crippen molar-refractivity contribution in [1.82, 2.24) is 0 Å². The van der Waals surface area contributed by atoms with Crippen LogP contribution in [0.2, 0.25) is 0 Å². The molecule has 3 saturated carbocycles. The van der Waals surface area contributed by atoms with E-state index in [0.717, 1.165) is 45.1 Å². The monoisotopic (exact) mass is 764 g/mol. The predicted molar refractivity (Wildman–Crippen MR) is 191 cm³/mol. The first kappa shape index (κ1) is 39.6. The first-order chi connectivity index (χ1) is 25.5. The zero-order valence-corrected chi connectivity index (χ0v) is 32.9. The van der Waals surface area contributed by atoms with Gasteiger partial charge in [-0.05, 0) is 87.4 Å². The van der Waals surface area contributed by atoms with Gasteiger partial charge >= 0.3 is 5.97 Å². The van der Waals surface area contributed by atoms with E-state index < -0.39 is 90.8 Å². The highest BCUT2D eigenvalue weighted by Gasteiger charge is 2.69. The van der Waals surface area contributed by atoms with Crippen LogP contribution in [0.25, 0.3) is 0 Å². The highest BCUT2D eigenvalue weighted by molar-refractivity contribution is 5.66. The van der Waals surface area contributed by atoms with Gasteiger partial charge in [0.2, 0.25) is 0 Å². The SMILES string of the molecule is CC(=O)O[C@@H]1[C@@H](O)[C@H](C)O[C@@H](O[C@H]2[C@H](O[C@@H]3C[C@H](O)CC4=CC[C@H]5[C@@H]6C[C@@H]7O[C@]8(CC[C@@H](C)CO8)[C@@H](C)[C@@H]7[C@@]6(C)CC[C@@H]5[C@]43C)O[C@H](C)[C@H](O)[C@@H]2O)[C@@H]1O. The molecule has 0 aromatic carbocycles. The number of rotatable bonds is 5. The molecule has 8 aliphatic rings. The molecule has 13 nitrogen and oxygen atoms in total. The molecule has 22 atom stereocenters. The summed E-state index contributed by atoms with van der Waals surface area (Å²) in [6.07, 6.45) is -4.40. The second-order valence-electron chi connectivity index (χ2n) is 18.9. The number of aliphatic hydroxyl groups is 5. The Morgan fingerprint density at radius 2 is 1.56 bits per heavy atom. The van der Waals surface area contributed by atoms with Gasteiger partial charge in [-0.1, -0.05) is 39.3 Å². The van der Waals surface area contributed by atoms with Crippen LogP contribution in [-0.2, 0) is 38.0 Å². The molecule has 4 saturated heterocycles. The maximum absolute atomic E-state index is 11.8. The Balaban J connectivity index is 1.05. The quantitative estimate of drug-likeness (QED) is 0.204. The fourth-order valence-corrected chi connectivity index (χ4v) is 12.9. The Morgan fingerprint density at radius 1 is 0.833 bits per heavy atom. The summed E-state index contributed by atoms with van der Waals surface area (Å²) in [6, 6.07) is 0. The van der Waals surface area contributed by atoms with Gasteiger partial charge in [-0.2, -0.15) is 0 Å². The number of allylic oxidation sites excluding steroid dienone is 1. The Labute approximate surface area is 319 Å². The molecule has 0 radical (unpaired) electrons. The number of hydrogen-bond acceptors (Lipinski definition) is 13. The number of ether oxygens (including phenoxy) is 7. The number of esters is 1. The third-order valence-corrected chi connectivity index (χ3v) is 15.9. The second-order valence-corrected chi connectivity index (χ2v) is 18.9. The van der Waals surface area contributed by atoms with E-state index >= 15 is 0 Å². The van der Waals surface area contributed by atoms with Crippen molar-refractivity contribution in [2.45, 2.75) is 185 Å². The van der Waals surface area contributed by atoms with E-state index in [1.807, 2.05) is 0 Å². The van der Waals surface area contributed by atoms with Crippen molar-refractivity contribution in [1.29, 1.82) is 0 Å². The molecule has 4 heterocycles. The minimum absolute atomic E-state index is 0.115. The Kier molecular flexibility index (Phi) is 10.4. The fraction of sp³-hybridized carbons (Fsp3) is 0.927. The fourth-order valence-electron chi connectivity index (χ4n) is 12.9. The molecule has 7 fully saturated rings. The summed E-state index contributed by atoms with van der Waals surface area (Å²) < 4.78 is 43.9. The van der Waals surface area contributed by atoms with Crippen molar-refractivity contribution in [2.24, 2.45) is 46.3 Å². The maximum Gasteiger partial charge on any atom is 0.303 e. The van der Waals surface area contributed by atoms with E-state index in [0.29, 0.717) is 42.4 Å². The van der Waals surface area contributed by atoms with Crippen LogP contribution in [-0.4, -0.2) is 124 Å². The summed E-state index contributed by atoms with van der Waals surface area (Å²) in [5.41, 5.74) is 0.849. The lowest BCUT2D eigenvalue weighted by molar-refractivity contribution is -0.371. The molecule has 5 N–H and O–H groups in total. The minimum Gasteiger partial charge on any atom is -0.457 e. The van der Waals surface area contributed by atoms with Gasteiger partial charge in [-0.3, -0.25) is 4.79 Å². The minimum atomic E-state index is -1.61. The standard InChI is InChI=1S/C41H64O13/c1-18-10-13-41(48-17-18)19(2)30-28(54-41)16-27-25-9-8-23-14-24(43)15-29(40(23,7)26(25)11-12-39(27,30)6)52-38-36(33(46)31(44)20(3)50-38)53-37-34(47)35(51-22(5)42)32(45)21(4)49-37/h8,18-21,24-38,43-47H,9-17H2,1-7H3/t18-,19+,20-,21+,24-,25-,26+,27+,28+,29-,30+,31+,32+,33+,34-,35-,36-,37+,38+,39+,40+,41-/m1/s1.